The number of ether oxygens (including phenoxy) is 1. The van der Waals surface area contributed by atoms with Crippen molar-refractivity contribution < 1.29 is 6.16 Å². The predicted octanol–water partition coefficient (Wildman–Crippen LogP) is -0.124. The fourth-order valence-corrected chi connectivity index (χ4v) is 1.43. The molecule has 0 amide bonds. The summed E-state index contributed by atoms with van der Waals surface area (Å²) in [5, 5.41) is 3.17. The van der Waals surface area contributed by atoms with Crippen LogP contribution in [0.25, 0.3) is 0 Å². The Labute approximate surface area is 84.1 Å². The molecular weight excluding hydrogens is 180 g/mol. The first kappa shape index (κ1) is 8.80. The van der Waals surface area contributed by atoms with Crippen molar-refractivity contribution in [2.45, 2.75) is 6.92 Å². The van der Waals surface area contributed by atoms with Crippen LogP contribution in [0.4, 0.5) is 0 Å². The molecule has 0 fully saturated rings. The molecule has 0 atom stereocenters. The largest absolute Gasteiger partial charge is 0.485 e. The number of likely N-dealkylation sites (N-methyl/N-ethyl adjacent to an activating group) is 1. The van der Waals surface area contributed by atoms with Crippen LogP contribution in [0, 0.1) is 0 Å². The number of rotatable bonds is 2. The second kappa shape index (κ2) is 3.53. The lowest BCUT2D eigenvalue weighted by Crippen LogP contribution is -2.38. The molecule has 0 aromatic carbocycles. The zero-order valence-corrected chi connectivity index (χ0v) is 8.05. The van der Waals surface area contributed by atoms with Crippen LogP contribution in [0.3, 0.4) is 0 Å². The summed E-state index contributed by atoms with van der Waals surface area (Å²) in [6.07, 6.45) is 3.62. The van der Waals surface area contributed by atoms with Crippen LogP contribution in [0.15, 0.2) is 35.1 Å². The number of hydrogen-bond acceptors (Lipinski definition) is 5. The van der Waals surface area contributed by atoms with E-state index in [1.807, 2.05) is 13.0 Å². The molecule has 0 aliphatic carbocycles. The summed E-state index contributed by atoms with van der Waals surface area (Å²) in [4.78, 5) is 0. The lowest BCUT2D eigenvalue weighted by atomic mass is 10.2. The molecule has 0 unspecified atom stereocenters. The van der Waals surface area contributed by atoms with Gasteiger partial charge in [-0.25, -0.2) is 0 Å². The minimum atomic E-state index is 0. The number of hydrazine groups is 1. The van der Waals surface area contributed by atoms with E-state index in [1.165, 1.54) is 0 Å². The second-order valence-corrected chi connectivity index (χ2v) is 3.05. The van der Waals surface area contributed by atoms with E-state index < -0.39 is 0 Å². The molecule has 2 rings (SSSR count). The fourth-order valence-electron chi connectivity index (χ4n) is 1.43. The average Bonchev–Trinajstić information content (AvgIpc) is 2.23. The van der Waals surface area contributed by atoms with E-state index in [1.54, 1.807) is 6.20 Å². The Kier molecular flexibility index (Phi) is 2.22. The van der Waals surface area contributed by atoms with E-state index in [4.69, 9.17) is 10.5 Å². The van der Waals surface area contributed by atoms with Crippen LogP contribution >= 0.6 is 0 Å². The Morgan fingerprint density at radius 3 is 3.36 bits per heavy atom. The maximum Gasteiger partial charge on any atom is 0.148 e. The van der Waals surface area contributed by atoms with Gasteiger partial charge >= 0.3 is 0 Å². The average molecular weight is 196 g/mol. The molecular formula is C9H16N4O. The Hall–Kier alpha value is -1.78. The second-order valence-electron chi connectivity index (χ2n) is 3.05. The van der Waals surface area contributed by atoms with Crippen molar-refractivity contribution in [3.05, 3.63) is 35.1 Å². The normalized spacial score (nSPS) is 19.5. The monoisotopic (exact) mass is 196 g/mol. The number of hydrogen-bond donors (Lipinski definition) is 4. The zero-order valence-electron chi connectivity index (χ0n) is 8.05. The Morgan fingerprint density at radius 2 is 2.57 bits per heavy atom. The molecule has 0 aromatic rings. The summed E-state index contributed by atoms with van der Waals surface area (Å²) in [5.41, 5.74) is 14.2. The van der Waals surface area contributed by atoms with Gasteiger partial charge in [-0.05, 0) is 6.92 Å². The van der Waals surface area contributed by atoms with Gasteiger partial charge in [0.25, 0.3) is 0 Å². The van der Waals surface area contributed by atoms with E-state index >= 15 is 0 Å². The van der Waals surface area contributed by atoms with Gasteiger partial charge in [0.2, 0.25) is 0 Å². The Bertz CT molecular complexity index is 335. The van der Waals surface area contributed by atoms with Crippen LogP contribution in [0.1, 0.15) is 8.35 Å². The topological polar surface area (TPSA) is 71.3 Å². The molecule has 0 saturated heterocycles. The first-order valence-electron chi connectivity index (χ1n) is 4.61. The highest BCUT2D eigenvalue weighted by atomic mass is 16.5. The van der Waals surface area contributed by atoms with E-state index in [-0.39, 0.29) is 1.43 Å². The first-order valence-corrected chi connectivity index (χ1v) is 4.61. The summed E-state index contributed by atoms with van der Waals surface area (Å²) in [5.74, 6) is 0.780. The zero-order chi connectivity index (χ0) is 9.97. The third kappa shape index (κ3) is 1.37. The van der Waals surface area contributed by atoms with Crippen LogP contribution in [0.2, 0.25) is 0 Å². The van der Waals surface area contributed by atoms with Gasteiger partial charge in [-0.3, -0.25) is 5.43 Å². The molecule has 0 spiro atoms. The van der Waals surface area contributed by atoms with Crippen molar-refractivity contribution in [3.8, 4) is 0 Å². The highest BCUT2D eigenvalue weighted by molar-refractivity contribution is 5.41. The first-order chi connectivity index (χ1) is 6.83. The molecule has 0 aromatic heterocycles. The molecule has 5 nitrogen and oxygen atoms in total. The SMILES string of the molecule is CCNC1=C(N)C2=C(C=CNN2)OC1.[HH]. The van der Waals surface area contributed by atoms with Gasteiger partial charge in [0.15, 0.2) is 0 Å². The number of allylic oxidation sites excluding steroid dienone is 1. The van der Waals surface area contributed by atoms with Crippen LogP contribution in [-0.4, -0.2) is 13.2 Å². The predicted molar refractivity (Wildman–Crippen MR) is 55.4 cm³/mol. The third-order valence-corrected chi connectivity index (χ3v) is 2.12. The molecule has 5 heteroatoms. The van der Waals surface area contributed by atoms with E-state index in [9.17, 15) is 0 Å². The lowest BCUT2D eigenvalue weighted by molar-refractivity contribution is 0.229. The molecule has 2 aliphatic rings. The summed E-state index contributed by atoms with van der Waals surface area (Å²) in [6, 6.07) is 0. The van der Waals surface area contributed by atoms with Gasteiger partial charge in [-0.15, -0.1) is 0 Å². The van der Waals surface area contributed by atoms with Crippen molar-refractivity contribution in [2.75, 3.05) is 13.2 Å². The minimum absolute atomic E-state index is 0. The van der Waals surface area contributed by atoms with Crippen molar-refractivity contribution in [2.24, 2.45) is 5.73 Å². The third-order valence-electron chi connectivity index (χ3n) is 2.12. The summed E-state index contributed by atoms with van der Waals surface area (Å²) < 4.78 is 5.51. The Morgan fingerprint density at radius 1 is 1.71 bits per heavy atom. The van der Waals surface area contributed by atoms with Crippen LogP contribution in [0.5, 0.6) is 0 Å². The lowest BCUT2D eigenvalue weighted by Gasteiger charge is -2.26. The standard InChI is InChI=1S/C9H14N4O.H2/c1-2-11-6-5-14-7-3-4-12-13-9(7)8(6)10;/h3-4,11-13H,2,5,10H2,1H3;1H. The van der Waals surface area contributed by atoms with Gasteiger partial charge in [0.1, 0.15) is 18.1 Å². The van der Waals surface area contributed by atoms with Crippen LogP contribution in [-0.2, 0) is 4.74 Å². The fraction of sp³-hybridized carbons (Fsp3) is 0.333. The maximum absolute atomic E-state index is 5.96. The maximum atomic E-state index is 5.96. The van der Waals surface area contributed by atoms with E-state index in [0.29, 0.717) is 12.3 Å². The molecule has 14 heavy (non-hydrogen) atoms. The Balaban J connectivity index is 0.00000112. The van der Waals surface area contributed by atoms with Gasteiger partial charge < -0.3 is 21.2 Å². The molecule has 0 saturated carbocycles. The summed E-state index contributed by atoms with van der Waals surface area (Å²) in [6.45, 7) is 3.37. The molecule has 78 valence electrons. The van der Waals surface area contributed by atoms with Crippen molar-refractivity contribution in [1.82, 2.24) is 16.2 Å². The number of nitrogens with one attached hydrogen (secondary N) is 3. The molecule has 2 heterocycles. The summed E-state index contributed by atoms with van der Waals surface area (Å²) >= 11 is 0. The molecule has 5 N–H and O–H groups in total. The molecule has 2 aliphatic heterocycles. The van der Waals surface area contributed by atoms with Gasteiger partial charge in [-0.2, -0.15) is 0 Å². The van der Waals surface area contributed by atoms with Gasteiger partial charge in [-0.1, -0.05) is 0 Å². The van der Waals surface area contributed by atoms with Crippen molar-refractivity contribution in [3.63, 3.8) is 0 Å². The van der Waals surface area contributed by atoms with Crippen molar-refractivity contribution in [1.29, 1.82) is 0 Å². The highest BCUT2D eigenvalue weighted by Crippen LogP contribution is 2.20. The highest BCUT2D eigenvalue weighted by Gasteiger charge is 2.20. The number of nitrogens with two attached hydrogens (primary N) is 1. The molecule has 0 bridgehead atoms. The summed E-state index contributed by atoms with van der Waals surface area (Å²) in [7, 11) is 0. The smallest absolute Gasteiger partial charge is 0.148 e. The van der Waals surface area contributed by atoms with E-state index in [0.717, 1.165) is 23.7 Å². The van der Waals surface area contributed by atoms with Gasteiger partial charge in [0.05, 0.1) is 11.4 Å². The minimum Gasteiger partial charge on any atom is -0.485 e. The van der Waals surface area contributed by atoms with Crippen molar-refractivity contribution >= 4 is 0 Å². The molecule has 0 radical (unpaired) electrons. The quantitative estimate of drug-likeness (QED) is 0.495. The van der Waals surface area contributed by atoms with Gasteiger partial charge in [0, 0.05) is 20.2 Å². The van der Waals surface area contributed by atoms with E-state index in [2.05, 4.69) is 16.2 Å². The van der Waals surface area contributed by atoms with Crippen LogP contribution < -0.4 is 21.9 Å².